The molecule has 34 heavy (non-hydrogen) atoms. The minimum atomic E-state index is -1.24. The predicted molar refractivity (Wildman–Crippen MR) is 127 cm³/mol. The number of rotatable bonds is 11. The number of carbonyl (C=O) groups is 4. The van der Waals surface area contributed by atoms with Crippen molar-refractivity contribution in [2.24, 2.45) is 5.92 Å². The minimum Gasteiger partial charge on any atom is -0.507 e. The van der Waals surface area contributed by atoms with Gasteiger partial charge in [-0.2, -0.15) is 0 Å². The summed E-state index contributed by atoms with van der Waals surface area (Å²) in [7, 11) is 5.34. The van der Waals surface area contributed by atoms with Crippen molar-refractivity contribution < 1.29 is 33.2 Å². The van der Waals surface area contributed by atoms with Gasteiger partial charge in [0.05, 0.1) is 24.2 Å². The van der Waals surface area contributed by atoms with Crippen LogP contribution in [-0.2, 0) is 28.4 Å². The second-order valence-corrected chi connectivity index (χ2v) is 9.37. The molecule has 1 heterocycles. The zero-order valence-electron chi connectivity index (χ0n) is 19.5. The van der Waals surface area contributed by atoms with Gasteiger partial charge < -0.3 is 24.3 Å². The fourth-order valence-electron chi connectivity index (χ4n) is 3.68. The molecule has 0 bridgehead atoms. The minimum absolute atomic E-state index is 0.0183. The molecule has 0 unspecified atom stereocenters. The van der Waals surface area contributed by atoms with Crippen LogP contribution in [0.1, 0.15) is 37.0 Å². The smallest absolute Gasteiger partial charge is 0.507 e. The van der Waals surface area contributed by atoms with Crippen LogP contribution < -0.4 is 5.32 Å². The molecule has 0 aliphatic carbocycles. The number of Topliss-reactive ketones (excluding diaryl/α,β-unsaturated/α-hetero) is 1. The van der Waals surface area contributed by atoms with E-state index in [1.807, 2.05) is 13.8 Å². The summed E-state index contributed by atoms with van der Waals surface area (Å²) in [5.41, 5.74) is 0.155. The van der Waals surface area contributed by atoms with Crippen LogP contribution in [0.3, 0.4) is 0 Å². The Balaban J connectivity index is 2.06. The number of likely N-dealkylation sites (N-methyl/N-ethyl adjacent to an activating group) is 1. The SMILES string of the molecule is [CH2-]N(C)[C@@H](C(=O)OC)[C@H]1OB([C@@H](CC(=O)CNC(=O)c2cc(Cl)ccc2Cl)CC(C)C)OC1=O. The first kappa shape index (κ1) is 28.1. The number of ether oxygens (including phenoxy) is 1. The lowest BCUT2D eigenvalue weighted by Crippen LogP contribution is -2.48. The highest BCUT2D eigenvalue weighted by Crippen LogP contribution is 2.32. The van der Waals surface area contributed by atoms with Gasteiger partial charge in [0.15, 0.2) is 11.9 Å². The first-order chi connectivity index (χ1) is 15.9. The summed E-state index contributed by atoms with van der Waals surface area (Å²) in [5.74, 6) is -2.59. The van der Waals surface area contributed by atoms with E-state index in [1.165, 1.54) is 31.2 Å². The van der Waals surface area contributed by atoms with Crippen LogP contribution in [0.5, 0.6) is 0 Å². The van der Waals surface area contributed by atoms with Crippen LogP contribution in [-0.4, -0.2) is 68.5 Å². The first-order valence-corrected chi connectivity index (χ1v) is 11.4. The van der Waals surface area contributed by atoms with E-state index in [4.69, 9.17) is 37.2 Å². The molecule has 186 valence electrons. The van der Waals surface area contributed by atoms with Gasteiger partial charge >= 0.3 is 19.1 Å². The molecule has 1 aliphatic rings. The number of nitrogens with one attached hydrogen (secondary N) is 1. The second-order valence-electron chi connectivity index (χ2n) is 8.53. The van der Waals surface area contributed by atoms with Crippen molar-refractivity contribution in [3.05, 3.63) is 40.9 Å². The number of benzene rings is 1. The highest BCUT2D eigenvalue weighted by molar-refractivity contribution is 6.51. The lowest BCUT2D eigenvalue weighted by Gasteiger charge is -2.31. The van der Waals surface area contributed by atoms with Gasteiger partial charge in [0, 0.05) is 17.3 Å². The number of halogens is 2. The summed E-state index contributed by atoms with van der Waals surface area (Å²) in [6.07, 6.45) is -0.752. The maximum absolute atomic E-state index is 12.7. The van der Waals surface area contributed by atoms with E-state index in [0.717, 1.165) is 0 Å². The Hall–Kier alpha value is -2.14. The summed E-state index contributed by atoms with van der Waals surface area (Å²) >= 11 is 11.9. The van der Waals surface area contributed by atoms with Crippen molar-refractivity contribution in [3.8, 4) is 0 Å². The number of carbonyl (C=O) groups excluding carboxylic acids is 4. The summed E-state index contributed by atoms with van der Waals surface area (Å²) in [4.78, 5) is 51.0. The van der Waals surface area contributed by atoms with Gasteiger partial charge in [-0.1, -0.05) is 37.0 Å². The number of nitrogens with zero attached hydrogens (tertiary/aromatic N) is 1. The third kappa shape index (κ3) is 7.43. The van der Waals surface area contributed by atoms with Crippen LogP contribution in [0.4, 0.5) is 0 Å². The number of hydrogen-bond donors (Lipinski definition) is 1. The van der Waals surface area contributed by atoms with Gasteiger partial charge in [-0.25, -0.2) is 0 Å². The molecule has 1 aromatic carbocycles. The predicted octanol–water partition coefficient (Wildman–Crippen LogP) is 2.79. The average Bonchev–Trinajstić information content (AvgIpc) is 3.13. The average molecular weight is 514 g/mol. The Morgan fingerprint density at radius 3 is 2.56 bits per heavy atom. The normalized spacial score (nSPS) is 17.5. The van der Waals surface area contributed by atoms with Gasteiger partial charge in [-0.3, -0.25) is 26.2 Å². The summed E-state index contributed by atoms with van der Waals surface area (Å²) < 4.78 is 15.9. The third-order valence-electron chi connectivity index (χ3n) is 5.22. The fraction of sp³-hybridized carbons (Fsp3) is 0.500. The van der Waals surface area contributed by atoms with Crippen molar-refractivity contribution >= 4 is 53.9 Å². The van der Waals surface area contributed by atoms with E-state index in [2.05, 4.69) is 12.4 Å². The van der Waals surface area contributed by atoms with Crippen LogP contribution in [0.25, 0.3) is 0 Å². The Morgan fingerprint density at radius 1 is 1.29 bits per heavy atom. The van der Waals surface area contributed by atoms with Crippen LogP contribution in [0.2, 0.25) is 15.9 Å². The molecule has 1 N–H and O–H groups in total. The van der Waals surface area contributed by atoms with Gasteiger partial charge in [0.25, 0.3) is 5.91 Å². The molecule has 2 rings (SSSR count). The van der Waals surface area contributed by atoms with E-state index in [9.17, 15) is 19.2 Å². The van der Waals surface area contributed by atoms with Crippen molar-refractivity contribution in [3.63, 3.8) is 0 Å². The molecule has 12 heteroatoms. The molecular weight excluding hydrogens is 486 g/mol. The highest BCUT2D eigenvalue weighted by Gasteiger charge is 2.50. The number of ketones is 1. The molecule has 1 fully saturated rings. The number of methoxy groups -OCH3 is 1. The number of hydrogen-bond acceptors (Lipinski definition) is 8. The Labute approximate surface area is 209 Å². The Morgan fingerprint density at radius 2 is 1.97 bits per heavy atom. The Bertz CT molecular complexity index is 929. The Kier molecular flexibility index (Phi) is 10.4. The van der Waals surface area contributed by atoms with E-state index in [0.29, 0.717) is 11.4 Å². The van der Waals surface area contributed by atoms with Crippen LogP contribution >= 0.6 is 23.2 Å². The molecule has 1 amide bonds. The quantitative estimate of drug-likeness (QED) is 0.273. The van der Waals surface area contributed by atoms with E-state index in [-0.39, 0.29) is 35.3 Å². The van der Waals surface area contributed by atoms with Crippen molar-refractivity contribution in [2.75, 3.05) is 20.7 Å². The number of esters is 1. The van der Waals surface area contributed by atoms with Crippen LogP contribution in [0, 0.1) is 13.0 Å². The molecule has 0 saturated carbocycles. The second kappa shape index (κ2) is 12.5. The lowest BCUT2D eigenvalue weighted by molar-refractivity contribution is -0.154. The molecule has 1 aromatic rings. The summed E-state index contributed by atoms with van der Waals surface area (Å²) in [6, 6.07) is 3.36. The van der Waals surface area contributed by atoms with E-state index in [1.54, 1.807) is 6.07 Å². The molecule has 9 nitrogen and oxygen atoms in total. The van der Waals surface area contributed by atoms with Crippen molar-refractivity contribution in [1.29, 1.82) is 0 Å². The zero-order chi connectivity index (χ0) is 25.6. The van der Waals surface area contributed by atoms with Gasteiger partial charge in [0.1, 0.15) is 6.04 Å². The molecule has 0 radical (unpaired) electrons. The van der Waals surface area contributed by atoms with Crippen molar-refractivity contribution in [1.82, 2.24) is 10.2 Å². The molecule has 1 saturated heterocycles. The zero-order valence-corrected chi connectivity index (χ0v) is 21.0. The van der Waals surface area contributed by atoms with Gasteiger partial charge in [0.2, 0.25) is 0 Å². The maximum atomic E-state index is 12.7. The van der Waals surface area contributed by atoms with Gasteiger partial charge in [-0.15, -0.1) is 0 Å². The van der Waals surface area contributed by atoms with Gasteiger partial charge in [-0.05, 0) is 37.6 Å². The van der Waals surface area contributed by atoms with Crippen LogP contribution in [0.15, 0.2) is 18.2 Å². The monoisotopic (exact) mass is 513 g/mol. The molecule has 3 atom stereocenters. The fourth-order valence-corrected chi connectivity index (χ4v) is 4.06. The first-order valence-electron chi connectivity index (χ1n) is 10.7. The summed E-state index contributed by atoms with van der Waals surface area (Å²) in [5, 5.41) is 3.08. The standard InChI is InChI=1S/C22H28BCl2N2O7/c1-12(2)8-13(23-33-19(22(31)34-23)18(27(3)4)21(30)32-5)9-15(28)11-26-20(29)16-10-14(24)6-7-17(16)25/h6-7,10,12-13,18-19H,3,8-9,11H2,1-2,4-5H3,(H,26,29)/q-1/t13-,18-,19-/m1/s1. The highest BCUT2D eigenvalue weighted by atomic mass is 35.5. The topological polar surface area (TPSA) is 111 Å². The van der Waals surface area contributed by atoms with E-state index >= 15 is 0 Å². The number of amides is 1. The van der Waals surface area contributed by atoms with E-state index < -0.39 is 42.9 Å². The molecule has 0 aromatic heterocycles. The molecular formula is C22H28BCl2N2O7-. The molecule has 0 spiro atoms. The van der Waals surface area contributed by atoms with Crippen molar-refractivity contribution in [2.45, 2.75) is 44.7 Å². The maximum Gasteiger partial charge on any atom is 0.531 e. The molecule has 1 aliphatic heterocycles. The lowest BCUT2D eigenvalue weighted by atomic mass is 9.65. The largest absolute Gasteiger partial charge is 0.531 e. The third-order valence-corrected chi connectivity index (χ3v) is 5.78. The summed E-state index contributed by atoms with van der Waals surface area (Å²) in [6.45, 7) is 3.65.